The van der Waals surface area contributed by atoms with E-state index in [1.54, 1.807) is 0 Å². The van der Waals surface area contributed by atoms with Gasteiger partial charge in [0.2, 0.25) is 0 Å². The minimum atomic E-state index is 0.166. The highest BCUT2D eigenvalue weighted by atomic mass is 16.5. The Labute approximate surface area is 112 Å². The van der Waals surface area contributed by atoms with Crippen molar-refractivity contribution in [3.63, 3.8) is 0 Å². The minimum absolute atomic E-state index is 0.166. The van der Waals surface area contributed by atoms with Gasteiger partial charge in [0, 0.05) is 13.2 Å². The lowest BCUT2D eigenvalue weighted by Crippen LogP contribution is -2.25. The summed E-state index contributed by atoms with van der Waals surface area (Å²) in [7, 11) is 0. The molecular formula is C16H27NO. The van der Waals surface area contributed by atoms with Crippen LogP contribution in [0.1, 0.15) is 44.4 Å². The first-order valence-electron chi connectivity index (χ1n) is 7.02. The third-order valence-corrected chi connectivity index (χ3v) is 2.84. The lowest BCUT2D eigenvalue weighted by Gasteiger charge is -2.20. The van der Waals surface area contributed by atoms with Crippen LogP contribution in [-0.2, 0) is 4.74 Å². The summed E-state index contributed by atoms with van der Waals surface area (Å²) >= 11 is 0. The third-order valence-electron chi connectivity index (χ3n) is 2.84. The van der Waals surface area contributed by atoms with Crippen LogP contribution in [0.15, 0.2) is 24.3 Å². The van der Waals surface area contributed by atoms with Crippen LogP contribution in [-0.4, -0.2) is 19.7 Å². The molecule has 2 nitrogen and oxygen atoms in total. The van der Waals surface area contributed by atoms with E-state index >= 15 is 0 Å². The Morgan fingerprint density at radius 3 is 2.39 bits per heavy atom. The van der Waals surface area contributed by atoms with Gasteiger partial charge in [-0.1, -0.05) is 50.6 Å². The lowest BCUT2D eigenvalue weighted by atomic mass is 10.1. The molecule has 0 aromatic heterocycles. The molecule has 0 saturated heterocycles. The van der Waals surface area contributed by atoms with Crippen molar-refractivity contribution in [1.82, 2.24) is 5.32 Å². The van der Waals surface area contributed by atoms with Gasteiger partial charge in [0.05, 0.1) is 6.10 Å². The highest BCUT2D eigenvalue weighted by molar-refractivity contribution is 5.23. The fourth-order valence-electron chi connectivity index (χ4n) is 1.77. The summed E-state index contributed by atoms with van der Waals surface area (Å²) in [6, 6.07) is 8.66. The van der Waals surface area contributed by atoms with Crippen LogP contribution in [0.5, 0.6) is 0 Å². The second kappa shape index (κ2) is 8.28. The molecule has 0 spiro atoms. The monoisotopic (exact) mass is 249 g/mol. The summed E-state index contributed by atoms with van der Waals surface area (Å²) in [6.07, 6.45) is 1.32. The first kappa shape index (κ1) is 15.2. The molecule has 0 fully saturated rings. The van der Waals surface area contributed by atoms with E-state index < -0.39 is 0 Å². The Morgan fingerprint density at radius 1 is 1.17 bits per heavy atom. The zero-order valence-corrected chi connectivity index (χ0v) is 12.2. The van der Waals surface area contributed by atoms with E-state index in [2.05, 4.69) is 57.3 Å². The van der Waals surface area contributed by atoms with Gasteiger partial charge in [-0.3, -0.25) is 0 Å². The van der Waals surface area contributed by atoms with E-state index in [0.717, 1.165) is 26.1 Å². The predicted molar refractivity (Wildman–Crippen MR) is 77.9 cm³/mol. The molecule has 0 bridgehead atoms. The molecule has 1 rings (SSSR count). The molecule has 0 radical (unpaired) electrons. The molecule has 0 heterocycles. The lowest BCUT2D eigenvalue weighted by molar-refractivity contribution is 0.0353. The van der Waals surface area contributed by atoms with Gasteiger partial charge in [0.15, 0.2) is 0 Å². The van der Waals surface area contributed by atoms with Crippen molar-refractivity contribution in [2.75, 3.05) is 19.7 Å². The van der Waals surface area contributed by atoms with Crippen LogP contribution < -0.4 is 5.32 Å². The van der Waals surface area contributed by atoms with E-state index in [1.165, 1.54) is 11.1 Å². The van der Waals surface area contributed by atoms with Crippen molar-refractivity contribution >= 4 is 0 Å². The van der Waals surface area contributed by atoms with Crippen molar-refractivity contribution in [3.05, 3.63) is 35.4 Å². The molecule has 2 heteroatoms. The van der Waals surface area contributed by atoms with E-state index in [-0.39, 0.29) is 6.10 Å². The standard InChI is InChI=1S/C16H27NO/c1-5-10-17-11-16(18-12-13(2)3)15-8-6-14(4)7-9-15/h6-9,13,16-17H,5,10-12H2,1-4H3. The molecule has 0 aliphatic rings. The van der Waals surface area contributed by atoms with Gasteiger partial charge >= 0.3 is 0 Å². The average Bonchev–Trinajstić information content (AvgIpc) is 2.34. The molecular weight excluding hydrogens is 222 g/mol. The van der Waals surface area contributed by atoms with Crippen molar-refractivity contribution in [2.24, 2.45) is 5.92 Å². The number of rotatable bonds is 8. The summed E-state index contributed by atoms with van der Waals surface area (Å²) in [5, 5.41) is 3.45. The van der Waals surface area contributed by atoms with Crippen molar-refractivity contribution in [2.45, 2.75) is 40.2 Å². The van der Waals surface area contributed by atoms with Gasteiger partial charge in [-0.15, -0.1) is 0 Å². The first-order chi connectivity index (χ1) is 8.63. The van der Waals surface area contributed by atoms with Crippen LogP contribution in [0.25, 0.3) is 0 Å². The zero-order chi connectivity index (χ0) is 13.4. The van der Waals surface area contributed by atoms with Crippen LogP contribution in [0.2, 0.25) is 0 Å². The van der Waals surface area contributed by atoms with Crippen molar-refractivity contribution in [1.29, 1.82) is 0 Å². The SMILES string of the molecule is CCCNCC(OCC(C)C)c1ccc(C)cc1. The third kappa shape index (κ3) is 5.65. The van der Waals surface area contributed by atoms with Crippen molar-refractivity contribution in [3.8, 4) is 0 Å². The quantitative estimate of drug-likeness (QED) is 0.709. The molecule has 1 atom stereocenters. The van der Waals surface area contributed by atoms with Gasteiger partial charge in [-0.25, -0.2) is 0 Å². The number of hydrogen-bond acceptors (Lipinski definition) is 2. The van der Waals surface area contributed by atoms with E-state index in [0.29, 0.717) is 5.92 Å². The molecule has 0 amide bonds. The normalized spacial score (nSPS) is 12.9. The summed E-state index contributed by atoms with van der Waals surface area (Å²) < 4.78 is 6.01. The molecule has 1 aromatic rings. The van der Waals surface area contributed by atoms with Crippen LogP contribution in [0, 0.1) is 12.8 Å². The second-order valence-electron chi connectivity index (χ2n) is 5.33. The molecule has 1 aromatic carbocycles. The van der Waals surface area contributed by atoms with Gasteiger partial charge in [-0.05, 0) is 31.4 Å². The van der Waals surface area contributed by atoms with Gasteiger partial charge in [0.25, 0.3) is 0 Å². The highest BCUT2D eigenvalue weighted by Crippen LogP contribution is 2.18. The second-order valence-corrected chi connectivity index (χ2v) is 5.33. The number of nitrogens with one attached hydrogen (secondary N) is 1. The molecule has 0 saturated carbocycles. The zero-order valence-electron chi connectivity index (χ0n) is 12.2. The smallest absolute Gasteiger partial charge is 0.0949 e. The molecule has 18 heavy (non-hydrogen) atoms. The molecule has 1 unspecified atom stereocenters. The Hall–Kier alpha value is -0.860. The predicted octanol–water partition coefficient (Wildman–Crippen LogP) is 3.71. The fraction of sp³-hybridized carbons (Fsp3) is 0.625. The van der Waals surface area contributed by atoms with Crippen molar-refractivity contribution < 1.29 is 4.74 Å². The van der Waals surface area contributed by atoms with E-state index in [4.69, 9.17) is 4.74 Å². The molecule has 0 aliphatic carbocycles. The van der Waals surface area contributed by atoms with E-state index in [1.807, 2.05) is 0 Å². The highest BCUT2D eigenvalue weighted by Gasteiger charge is 2.12. The van der Waals surface area contributed by atoms with Crippen LogP contribution in [0.4, 0.5) is 0 Å². The summed E-state index contributed by atoms with van der Waals surface area (Å²) in [4.78, 5) is 0. The first-order valence-corrected chi connectivity index (χ1v) is 7.02. The van der Waals surface area contributed by atoms with Crippen LogP contribution >= 0.6 is 0 Å². The summed E-state index contributed by atoms with van der Waals surface area (Å²) in [5.74, 6) is 0.573. The largest absolute Gasteiger partial charge is 0.372 e. The van der Waals surface area contributed by atoms with Gasteiger partial charge in [-0.2, -0.15) is 0 Å². The number of benzene rings is 1. The summed E-state index contributed by atoms with van der Waals surface area (Å²) in [5.41, 5.74) is 2.56. The maximum absolute atomic E-state index is 6.01. The molecule has 1 N–H and O–H groups in total. The van der Waals surface area contributed by atoms with Gasteiger partial charge in [0.1, 0.15) is 0 Å². The number of hydrogen-bond donors (Lipinski definition) is 1. The molecule has 102 valence electrons. The Bertz CT molecular complexity index is 318. The Kier molecular flexibility index (Phi) is 6.99. The van der Waals surface area contributed by atoms with Crippen LogP contribution in [0.3, 0.4) is 0 Å². The Balaban J connectivity index is 2.60. The average molecular weight is 249 g/mol. The number of ether oxygens (including phenoxy) is 1. The Morgan fingerprint density at radius 2 is 1.83 bits per heavy atom. The maximum atomic E-state index is 6.01. The fourth-order valence-corrected chi connectivity index (χ4v) is 1.77. The number of aryl methyl sites for hydroxylation is 1. The summed E-state index contributed by atoms with van der Waals surface area (Å²) in [6.45, 7) is 11.4. The van der Waals surface area contributed by atoms with Gasteiger partial charge < -0.3 is 10.1 Å². The topological polar surface area (TPSA) is 21.3 Å². The van der Waals surface area contributed by atoms with E-state index in [9.17, 15) is 0 Å². The molecule has 0 aliphatic heterocycles. The maximum Gasteiger partial charge on any atom is 0.0949 e. The minimum Gasteiger partial charge on any atom is -0.372 e.